The number of urea groups is 1. The first-order chi connectivity index (χ1) is 8.90. The van der Waals surface area contributed by atoms with E-state index in [1.54, 1.807) is 7.11 Å². The molecular formula is C15H20N2O2. The number of ether oxygens (including phenoxy) is 1. The van der Waals surface area contributed by atoms with Crippen molar-refractivity contribution in [3.8, 4) is 17.6 Å². The van der Waals surface area contributed by atoms with E-state index in [1.807, 2.05) is 45.0 Å². The number of amides is 2. The van der Waals surface area contributed by atoms with Crippen LogP contribution in [0.15, 0.2) is 24.3 Å². The molecule has 0 unspecified atom stereocenters. The number of carbonyl (C=O) groups is 1. The molecule has 4 nitrogen and oxygen atoms in total. The lowest BCUT2D eigenvalue weighted by molar-refractivity contribution is 0.233. The molecule has 1 aromatic carbocycles. The highest BCUT2D eigenvalue weighted by atomic mass is 16.5. The molecule has 0 spiro atoms. The van der Waals surface area contributed by atoms with Crippen molar-refractivity contribution in [3.05, 3.63) is 29.8 Å². The minimum Gasteiger partial charge on any atom is -0.497 e. The van der Waals surface area contributed by atoms with Crippen molar-refractivity contribution in [1.82, 2.24) is 10.6 Å². The zero-order chi connectivity index (χ0) is 14.3. The lowest BCUT2D eigenvalue weighted by Gasteiger charge is -2.20. The minimum atomic E-state index is -0.243. The van der Waals surface area contributed by atoms with Crippen molar-refractivity contribution in [2.75, 3.05) is 13.7 Å². The Morgan fingerprint density at radius 3 is 2.42 bits per heavy atom. The molecule has 0 aliphatic heterocycles. The summed E-state index contributed by atoms with van der Waals surface area (Å²) in [6.45, 7) is 6.09. The van der Waals surface area contributed by atoms with Gasteiger partial charge in [0, 0.05) is 11.1 Å². The minimum absolute atomic E-state index is 0.212. The Morgan fingerprint density at radius 1 is 1.26 bits per heavy atom. The standard InChI is InChI=1S/C15H20N2O2/c1-15(2,3)17-14(18)16-11-5-6-12-7-9-13(19-4)10-8-12/h7-10H,11H2,1-4H3,(H2,16,17,18). The third-order valence-corrected chi connectivity index (χ3v) is 2.15. The molecule has 102 valence electrons. The van der Waals surface area contributed by atoms with Crippen LogP contribution in [0.4, 0.5) is 4.79 Å². The smallest absolute Gasteiger partial charge is 0.315 e. The van der Waals surface area contributed by atoms with E-state index in [4.69, 9.17) is 4.74 Å². The monoisotopic (exact) mass is 260 g/mol. The van der Waals surface area contributed by atoms with Crippen LogP contribution in [-0.4, -0.2) is 25.2 Å². The van der Waals surface area contributed by atoms with Gasteiger partial charge in [0.05, 0.1) is 13.7 Å². The molecule has 0 radical (unpaired) electrons. The van der Waals surface area contributed by atoms with Gasteiger partial charge in [0.15, 0.2) is 0 Å². The van der Waals surface area contributed by atoms with Crippen LogP contribution in [-0.2, 0) is 0 Å². The van der Waals surface area contributed by atoms with E-state index >= 15 is 0 Å². The van der Waals surface area contributed by atoms with Gasteiger partial charge < -0.3 is 15.4 Å². The fraction of sp³-hybridized carbons (Fsp3) is 0.400. The number of nitrogens with one attached hydrogen (secondary N) is 2. The Labute approximate surface area is 114 Å². The summed E-state index contributed by atoms with van der Waals surface area (Å²) in [5, 5.41) is 5.48. The van der Waals surface area contributed by atoms with Gasteiger partial charge in [-0.3, -0.25) is 0 Å². The van der Waals surface area contributed by atoms with Crippen LogP contribution < -0.4 is 15.4 Å². The topological polar surface area (TPSA) is 50.4 Å². The third-order valence-electron chi connectivity index (χ3n) is 2.15. The molecule has 0 aliphatic rings. The molecule has 0 heterocycles. The van der Waals surface area contributed by atoms with E-state index in [9.17, 15) is 4.79 Å². The fourth-order valence-electron chi connectivity index (χ4n) is 1.33. The van der Waals surface area contributed by atoms with Gasteiger partial charge >= 0.3 is 6.03 Å². The molecule has 1 rings (SSSR count). The predicted octanol–water partition coefficient (Wildman–Crippen LogP) is 2.14. The molecule has 0 saturated carbocycles. The summed E-state index contributed by atoms with van der Waals surface area (Å²) in [5.74, 6) is 6.66. The first-order valence-corrected chi connectivity index (χ1v) is 6.09. The SMILES string of the molecule is COc1ccc(C#CCNC(=O)NC(C)(C)C)cc1. The number of benzene rings is 1. The van der Waals surface area contributed by atoms with Crippen molar-refractivity contribution in [3.63, 3.8) is 0 Å². The second-order valence-electron chi connectivity index (χ2n) is 5.09. The molecule has 19 heavy (non-hydrogen) atoms. The molecule has 2 N–H and O–H groups in total. The van der Waals surface area contributed by atoms with Crippen LogP contribution >= 0.6 is 0 Å². The highest BCUT2D eigenvalue weighted by Gasteiger charge is 2.12. The molecule has 0 aliphatic carbocycles. The van der Waals surface area contributed by atoms with Crippen LogP contribution in [0.3, 0.4) is 0 Å². The highest BCUT2D eigenvalue weighted by molar-refractivity contribution is 5.74. The Balaban J connectivity index is 2.40. The van der Waals surface area contributed by atoms with Crippen molar-refractivity contribution < 1.29 is 9.53 Å². The van der Waals surface area contributed by atoms with Crippen LogP contribution in [0.25, 0.3) is 0 Å². The number of hydrogen-bond donors (Lipinski definition) is 2. The Kier molecular flexibility index (Phi) is 5.25. The molecule has 4 heteroatoms. The maximum Gasteiger partial charge on any atom is 0.315 e. The molecular weight excluding hydrogens is 240 g/mol. The van der Waals surface area contributed by atoms with Crippen molar-refractivity contribution >= 4 is 6.03 Å². The van der Waals surface area contributed by atoms with Gasteiger partial charge in [-0.15, -0.1) is 0 Å². The summed E-state index contributed by atoms with van der Waals surface area (Å²) in [7, 11) is 1.62. The molecule has 0 saturated heterocycles. The average molecular weight is 260 g/mol. The Hall–Kier alpha value is -2.15. The fourth-order valence-corrected chi connectivity index (χ4v) is 1.33. The van der Waals surface area contributed by atoms with Gasteiger partial charge in [0.1, 0.15) is 5.75 Å². The van der Waals surface area contributed by atoms with Crippen LogP contribution in [0.5, 0.6) is 5.75 Å². The van der Waals surface area contributed by atoms with Gasteiger partial charge in [-0.05, 0) is 45.0 Å². The second-order valence-corrected chi connectivity index (χ2v) is 5.09. The molecule has 2 amide bonds. The van der Waals surface area contributed by atoms with E-state index in [1.165, 1.54) is 0 Å². The zero-order valence-corrected chi connectivity index (χ0v) is 11.8. The maximum atomic E-state index is 11.4. The first-order valence-electron chi connectivity index (χ1n) is 6.09. The molecule has 0 fully saturated rings. The van der Waals surface area contributed by atoms with Crippen LogP contribution in [0.1, 0.15) is 26.3 Å². The van der Waals surface area contributed by atoms with E-state index in [0.29, 0.717) is 6.54 Å². The summed E-state index contributed by atoms with van der Waals surface area (Å²) in [5.41, 5.74) is 0.645. The lowest BCUT2D eigenvalue weighted by Crippen LogP contribution is -2.46. The number of methoxy groups -OCH3 is 1. The third kappa shape index (κ3) is 6.37. The molecule has 1 aromatic rings. The maximum absolute atomic E-state index is 11.4. The van der Waals surface area contributed by atoms with Gasteiger partial charge in [0.2, 0.25) is 0 Å². The normalized spacial score (nSPS) is 10.1. The second kappa shape index (κ2) is 6.69. The van der Waals surface area contributed by atoms with Crippen molar-refractivity contribution in [2.45, 2.75) is 26.3 Å². The first kappa shape index (κ1) is 14.9. The average Bonchev–Trinajstić information content (AvgIpc) is 2.33. The number of carbonyl (C=O) groups excluding carboxylic acids is 1. The summed E-state index contributed by atoms with van der Waals surface area (Å²) >= 11 is 0. The molecule has 0 bridgehead atoms. The van der Waals surface area contributed by atoms with Crippen LogP contribution in [0, 0.1) is 11.8 Å². The van der Waals surface area contributed by atoms with Crippen molar-refractivity contribution in [1.29, 1.82) is 0 Å². The number of rotatable bonds is 2. The highest BCUT2D eigenvalue weighted by Crippen LogP contribution is 2.09. The molecule has 0 aromatic heterocycles. The van der Waals surface area contributed by atoms with Gasteiger partial charge in [0.25, 0.3) is 0 Å². The van der Waals surface area contributed by atoms with Gasteiger partial charge in [-0.25, -0.2) is 4.79 Å². The van der Waals surface area contributed by atoms with E-state index in [-0.39, 0.29) is 11.6 Å². The molecule has 0 atom stereocenters. The van der Waals surface area contributed by atoms with Crippen molar-refractivity contribution in [2.24, 2.45) is 0 Å². The van der Waals surface area contributed by atoms with Crippen LogP contribution in [0.2, 0.25) is 0 Å². The summed E-state index contributed by atoms with van der Waals surface area (Å²) in [6.07, 6.45) is 0. The quantitative estimate of drug-likeness (QED) is 0.800. The lowest BCUT2D eigenvalue weighted by atomic mass is 10.1. The van der Waals surface area contributed by atoms with E-state index in [0.717, 1.165) is 11.3 Å². The summed E-state index contributed by atoms with van der Waals surface area (Å²) < 4.78 is 5.06. The van der Waals surface area contributed by atoms with Gasteiger partial charge in [-0.2, -0.15) is 0 Å². The van der Waals surface area contributed by atoms with E-state index in [2.05, 4.69) is 22.5 Å². The predicted molar refractivity (Wildman–Crippen MR) is 76.2 cm³/mol. The summed E-state index contributed by atoms with van der Waals surface area (Å²) in [4.78, 5) is 11.4. The largest absolute Gasteiger partial charge is 0.497 e. The zero-order valence-electron chi connectivity index (χ0n) is 11.8. The number of hydrogen-bond acceptors (Lipinski definition) is 2. The Bertz CT molecular complexity index is 476. The van der Waals surface area contributed by atoms with Gasteiger partial charge in [-0.1, -0.05) is 11.8 Å². The van der Waals surface area contributed by atoms with E-state index < -0.39 is 0 Å². The Morgan fingerprint density at radius 2 is 1.89 bits per heavy atom. The summed E-state index contributed by atoms with van der Waals surface area (Å²) in [6, 6.07) is 7.24.